The average molecular weight is 236 g/mol. The normalized spacial score (nSPS) is 11.7. The van der Waals surface area contributed by atoms with Crippen molar-refractivity contribution in [1.82, 2.24) is 5.32 Å². The standard InChI is InChI=1S/C13H20N2O2/c1-4-14-13(16)10(3)15-11-7-6-8-12(9-11)17-5-2/h6-10,15H,4-5H2,1-3H3,(H,14,16). The van der Waals surface area contributed by atoms with Crippen LogP contribution >= 0.6 is 0 Å². The molecule has 1 atom stereocenters. The van der Waals surface area contributed by atoms with E-state index in [4.69, 9.17) is 4.74 Å². The summed E-state index contributed by atoms with van der Waals surface area (Å²) in [6, 6.07) is 7.34. The minimum atomic E-state index is -0.258. The third-order valence-corrected chi connectivity index (χ3v) is 2.27. The van der Waals surface area contributed by atoms with Crippen LogP contribution < -0.4 is 15.4 Å². The van der Waals surface area contributed by atoms with Crippen molar-refractivity contribution in [3.8, 4) is 5.75 Å². The second-order valence-corrected chi connectivity index (χ2v) is 3.72. The molecule has 0 aromatic heterocycles. The van der Waals surface area contributed by atoms with Gasteiger partial charge in [0.25, 0.3) is 0 Å². The van der Waals surface area contributed by atoms with Crippen LogP contribution in [0.5, 0.6) is 5.75 Å². The highest BCUT2D eigenvalue weighted by atomic mass is 16.5. The van der Waals surface area contributed by atoms with E-state index in [1.807, 2.05) is 45.0 Å². The van der Waals surface area contributed by atoms with E-state index < -0.39 is 0 Å². The lowest BCUT2D eigenvalue weighted by atomic mass is 10.2. The first-order valence-corrected chi connectivity index (χ1v) is 5.94. The molecule has 0 aliphatic heterocycles. The summed E-state index contributed by atoms with van der Waals surface area (Å²) in [7, 11) is 0. The number of amides is 1. The summed E-state index contributed by atoms with van der Waals surface area (Å²) in [5.74, 6) is 0.801. The van der Waals surface area contributed by atoms with Crippen LogP contribution in [0.15, 0.2) is 24.3 Å². The number of rotatable bonds is 6. The second kappa shape index (κ2) is 6.78. The average Bonchev–Trinajstić information content (AvgIpc) is 2.30. The van der Waals surface area contributed by atoms with Gasteiger partial charge in [0.1, 0.15) is 11.8 Å². The molecule has 94 valence electrons. The summed E-state index contributed by atoms with van der Waals surface area (Å²) in [6.07, 6.45) is 0. The smallest absolute Gasteiger partial charge is 0.242 e. The summed E-state index contributed by atoms with van der Waals surface area (Å²) in [4.78, 5) is 11.6. The van der Waals surface area contributed by atoms with Gasteiger partial charge < -0.3 is 15.4 Å². The molecular weight excluding hydrogens is 216 g/mol. The molecule has 1 unspecified atom stereocenters. The number of carbonyl (C=O) groups excluding carboxylic acids is 1. The van der Waals surface area contributed by atoms with Gasteiger partial charge in [0.2, 0.25) is 5.91 Å². The highest BCUT2D eigenvalue weighted by Crippen LogP contribution is 2.17. The zero-order chi connectivity index (χ0) is 12.7. The number of nitrogens with one attached hydrogen (secondary N) is 2. The first-order valence-electron chi connectivity index (χ1n) is 5.94. The molecule has 1 rings (SSSR count). The van der Waals surface area contributed by atoms with Gasteiger partial charge >= 0.3 is 0 Å². The van der Waals surface area contributed by atoms with Crippen molar-refractivity contribution >= 4 is 11.6 Å². The van der Waals surface area contributed by atoms with Crippen molar-refractivity contribution in [3.05, 3.63) is 24.3 Å². The van der Waals surface area contributed by atoms with Crippen LogP contribution in [0.2, 0.25) is 0 Å². The van der Waals surface area contributed by atoms with Crippen molar-refractivity contribution in [2.24, 2.45) is 0 Å². The summed E-state index contributed by atoms with van der Waals surface area (Å²) in [5, 5.41) is 5.91. The van der Waals surface area contributed by atoms with Crippen molar-refractivity contribution in [2.75, 3.05) is 18.5 Å². The number of hydrogen-bond donors (Lipinski definition) is 2. The number of benzene rings is 1. The van der Waals surface area contributed by atoms with Crippen LogP contribution in [0.1, 0.15) is 20.8 Å². The number of likely N-dealkylation sites (N-methyl/N-ethyl adjacent to an activating group) is 1. The van der Waals surface area contributed by atoms with E-state index in [0.717, 1.165) is 11.4 Å². The first kappa shape index (κ1) is 13.4. The minimum absolute atomic E-state index is 0.00527. The zero-order valence-electron chi connectivity index (χ0n) is 10.6. The molecule has 1 amide bonds. The van der Waals surface area contributed by atoms with E-state index >= 15 is 0 Å². The van der Waals surface area contributed by atoms with Crippen LogP contribution in [0.3, 0.4) is 0 Å². The van der Waals surface area contributed by atoms with E-state index in [-0.39, 0.29) is 11.9 Å². The van der Waals surface area contributed by atoms with Gasteiger partial charge in [-0.25, -0.2) is 0 Å². The maximum atomic E-state index is 11.6. The Hall–Kier alpha value is -1.71. The van der Waals surface area contributed by atoms with Gasteiger partial charge in [-0.2, -0.15) is 0 Å². The Labute approximate surface area is 102 Å². The summed E-state index contributed by atoms with van der Waals surface area (Å²) in [6.45, 7) is 6.95. The number of hydrogen-bond acceptors (Lipinski definition) is 3. The molecule has 0 fully saturated rings. The molecule has 0 saturated carbocycles. The number of anilines is 1. The molecule has 1 aromatic carbocycles. The van der Waals surface area contributed by atoms with Crippen molar-refractivity contribution in [1.29, 1.82) is 0 Å². The Kier molecular flexibility index (Phi) is 5.33. The van der Waals surface area contributed by atoms with Crippen molar-refractivity contribution < 1.29 is 9.53 Å². The number of ether oxygens (including phenoxy) is 1. The molecule has 0 aliphatic carbocycles. The van der Waals surface area contributed by atoms with Crippen LogP contribution in [-0.2, 0) is 4.79 Å². The van der Waals surface area contributed by atoms with Crippen molar-refractivity contribution in [3.63, 3.8) is 0 Å². The maximum absolute atomic E-state index is 11.6. The molecule has 2 N–H and O–H groups in total. The topological polar surface area (TPSA) is 50.4 Å². The fourth-order valence-corrected chi connectivity index (χ4v) is 1.49. The van der Waals surface area contributed by atoms with E-state index in [0.29, 0.717) is 13.2 Å². The molecule has 4 heteroatoms. The molecule has 0 spiro atoms. The van der Waals surface area contributed by atoms with Crippen LogP contribution in [-0.4, -0.2) is 25.1 Å². The van der Waals surface area contributed by atoms with Gasteiger partial charge in [-0.15, -0.1) is 0 Å². The van der Waals surface area contributed by atoms with Crippen LogP contribution in [0.4, 0.5) is 5.69 Å². The highest BCUT2D eigenvalue weighted by molar-refractivity contribution is 5.84. The summed E-state index contributed by atoms with van der Waals surface area (Å²) in [5.41, 5.74) is 0.884. The predicted octanol–water partition coefficient (Wildman–Crippen LogP) is 2.02. The van der Waals surface area contributed by atoms with Gasteiger partial charge in [0.05, 0.1) is 6.61 Å². The fraction of sp³-hybridized carbons (Fsp3) is 0.462. The summed E-state index contributed by atoms with van der Waals surface area (Å²) < 4.78 is 5.40. The molecule has 17 heavy (non-hydrogen) atoms. The lowest BCUT2D eigenvalue weighted by Gasteiger charge is -2.15. The molecule has 0 aliphatic rings. The van der Waals surface area contributed by atoms with Crippen LogP contribution in [0, 0.1) is 0 Å². The Balaban J connectivity index is 2.61. The zero-order valence-corrected chi connectivity index (χ0v) is 10.6. The highest BCUT2D eigenvalue weighted by Gasteiger charge is 2.11. The molecule has 4 nitrogen and oxygen atoms in total. The third-order valence-electron chi connectivity index (χ3n) is 2.27. The van der Waals surface area contributed by atoms with E-state index in [2.05, 4.69) is 10.6 Å². The number of carbonyl (C=O) groups is 1. The minimum Gasteiger partial charge on any atom is -0.494 e. The predicted molar refractivity (Wildman–Crippen MR) is 69.4 cm³/mol. The Morgan fingerprint density at radius 1 is 1.41 bits per heavy atom. The van der Waals surface area contributed by atoms with Gasteiger partial charge in [0, 0.05) is 18.3 Å². The molecule has 0 saturated heterocycles. The lowest BCUT2D eigenvalue weighted by Crippen LogP contribution is -2.37. The SMILES string of the molecule is CCNC(=O)C(C)Nc1cccc(OCC)c1. The maximum Gasteiger partial charge on any atom is 0.242 e. The quantitative estimate of drug-likeness (QED) is 0.794. The first-order chi connectivity index (χ1) is 8.17. The van der Waals surface area contributed by atoms with E-state index in [1.165, 1.54) is 0 Å². The van der Waals surface area contributed by atoms with Gasteiger partial charge in [-0.05, 0) is 32.9 Å². The van der Waals surface area contributed by atoms with Crippen LogP contribution in [0.25, 0.3) is 0 Å². The molecule has 1 aromatic rings. The van der Waals surface area contributed by atoms with Gasteiger partial charge in [0.15, 0.2) is 0 Å². The Morgan fingerprint density at radius 3 is 2.82 bits per heavy atom. The van der Waals surface area contributed by atoms with E-state index in [1.54, 1.807) is 0 Å². The Morgan fingerprint density at radius 2 is 2.18 bits per heavy atom. The molecular formula is C13H20N2O2. The third kappa shape index (κ3) is 4.34. The molecule has 0 radical (unpaired) electrons. The summed E-state index contributed by atoms with van der Waals surface area (Å²) >= 11 is 0. The molecule has 0 bridgehead atoms. The van der Waals surface area contributed by atoms with Gasteiger partial charge in [-0.3, -0.25) is 4.79 Å². The molecule has 0 heterocycles. The van der Waals surface area contributed by atoms with Crippen molar-refractivity contribution in [2.45, 2.75) is 26.8 Å². The fourth-order valence-electron chi connectivity index (χ4n) is 1.49. The monoisotopic (exact) mass is 236 g/mol. The second-order valence-electron chi connectivity index (χ2n) is 3.72. The Bertz CT molecular complexity index is 366. The largest absolute Gasteiger partial charge is 0.494 e. The van der Waals surface area contributed by atoms with E-state index in [9.17, 15) is 4.79 Å². The van der Waals surface area contributed by atoms with Gasteiger partial charge in [-0.1, -0.05) is 6.07 Å². The lowest BCUT2D eigenvalue weighted by molar-refractivity contribution is -0.121.